The van der Waals surface area contributed by atoms with Gasteiger partial charge in [-0.25, -0.2) is 9.97 Å². The summed E-state index contributed by atoms with van der Waals surface area (Å²) in [6, 6.07) is 0. The molecule has 0 saturated heterocycles. The van der Waals surface area contributed by atoms with Crippen LogP contribution in [-0.2, 0) is 6.42 Å². The quantitative estimate of drug-likeness (QED) is 0.882. The van der Waals surface area contributed by atoms with Crippen LogP contribution in [0.4, 0.5) is 10.3 Å². The van der Waals surface area contributed by atoms with Crippen molar-refractivity contribution in [2.45, 2.75) is 26.7 Å². The molecule has 2 aromatic heterocycles. The Bertz CT molecular complexity index is 530. The molecule has 0 aliphatic heterocycles. The van der Waals surface area contributed by atoms with Crippen molar-refractivity contribution in [2.24, 2.45) is 0 Å². The van der Waals surface area contributed by atoms with Gasteiger partial charge in [-0.3, -0.25) is 0 Å². The third-order valence-electron chi connectivity index (χ3n) is 2.62. The largest absolute Gasteiger partial charge is 0.362 e. The SMILES string of the molecule is CCCc1nc(N(C)C)sc1-c1csc(NCC)n1. The van der Waals surface area contributed by atoms with Crippen molar-refractivity contribution < 1.29 is 0 Å². The second kappa shape index (κ2) is 6.34. The number of nitrogens with zero attached hydrogens (tertiary/aromatic N) is 3. The van der Waals surface area contributed by atoms with Crippen LogP contribution in [0.5, 0.6) is 0 Å². The average molecular weight is 296 g/mol. The third kappa shape index (κ3) is 3.25. The molecule has 104 valence electrons. The molecule has 0 atom stereocenters. The number of hydrogen-bond donors (Lipinski definition) is 1. The average Bonchev–Trinajstić information content (AvgIpc) is 2.96. The van der Waals surface area contributed by atoms with Crippen molar-refractivity contribution in [3.63, 3.8) is 0 Å². The van der Waals surface area contributed by atoms with E-state index >= 15 is 0 Å². The summed E-state index contributed by atoms with van der Waals surface area (Å²) in [5, 5.41) is 7.41. The first-order chi connectivity index (χ1) is 9.15. The van der Waals surface area contributed by atoms with E-state index in [9.17, 15) is 0 Å². The van der Waals surface area contributed by atoms with Gasteiger partial charge in [0.1, 0.15) is 0 Å². The van der Waals surface area contributed by atoms with Gasteiger partial charge in [-0.05, 0) is 13.3 Å². The lowest BCUT2D eigenvalue weighted by molar-refractivity contribution is 0.889. The Morgan fingerprint density at radius 3 is 2.68 bits per heavy atom. The highest BCUT2D eigenvalue weighted by molar-refractivity contribution is 7.19. The molecule has 2 heterocycles. The Hall–Kier alpha value is -1.14. The summed E-state index contributed by atoms with van der Waals surface area (Å²) in [6.45, 7) is 5.17. The smallest absolute Gasteiger partial charge is 0.185 e. The van der Waals surface area contributed by atoms with Crippen molar-refractivity contribution in [3.8, 4) is 10.6 Å². The molecule has 0 spiro atoms. The molecule has 0 fully saturated rings. The minimum absolute atomic E-state index is 0.903. The molecule has 0 saturated carbocycles. The molecule has 0 aliphatic carbocycles. The number of aromatic nitrogens is 2. The van der Waals surface area contributed by atoms with E-state index in [4.69, 9.17) is 4.98 Å². The summed E-state index contributed by atoms with van der Waals surface area (Å²) in [7, 11) is 4.06. The van der Waals surface area contributed by atoms with E-state index in [1.54, 1.807) is 22.7 Å². The zero-order chi connectivity index (χ0) is 13.8. The van der Waals surface area contributed by atoms with Crippen LogP contribution >= 0.6 is 22.7 Å². The van der Waals surface area contributed by atoms with Gasteiger partial charge in [-0.1, -0.05) is 24.7 Å². The molecular weight excluding hydrogens is 276 g/mol. The van der Waals surface area contributed by atoms with Crippen LogP contribution in [0.1, 0.15) is 26.0 Å². The van der Waals surface area contributed by atoms with E-state index in [1.165, 1.54) is 10.6 Å². The molecule has 2 rings (SSSR count). The minimum atomic E-state index is 0.903. The Kier molecular flexibility index (Phi) is 4.76. The van der Waals surface area contributed by atoms with Crippen LogP contribution in [0.2, 0.25) is 0 Å². The number of thiazole rings is 2. The molecule has 4 nitrogen and oxygen atoms in total. The standard InChI is InChI=1S/C13H20N4S2/c1-5-7-9-11(19-13(16-9)17(3)4)10-8-18-12(15-10)14-6-2/h8H,5-7H2,1-4H3,(H,14,15). The van der Waals surface area contributed by atoms with E-state index in [1.807, 2.05) is 14.1 Å². The Morgan fingerprint density at radius 2 is 2.05 bits per heavy atom. The van der Waals surface area contributed by atoms with E-state index in [0.29, 0.717) is 0 Å². The zero-order valence-electron chi connectivity index (χ0n) is 11.9. The first-order valence-electron chi connectivity index (χ1n) is 6.52. The first kappa shape index (κ1) is 14.3. The molecule has 6 heteroatoms. The van der Waals surface area contributed by atoms with Crippen molar-refractivity contribution in [3.05, 3.63) is 11.1 Å². The zero-order valence-corrected chi connectivity index (χ0v) is 13.5. The Morgan fingerprint density at radius 1 is 1.26 bits per heavy atom. The van der Waals surface area contributed by atoms with Crippen molar-refractivity contribution in [1.82, 2.24) is 9.97 Å². The van der Waals surface area contributed by atoms with E-state index in [0.717, 1.165) is 35.3 Å². The van der Waals surface area contributed by atoms with E-state index in [2.05, 4.69) is 34.4 Å². The van der Waals surface area contributed by atoms with Gasteiger partial charge in [-0.2, -0.15) is 0 Å². The molecule has 1 N–H and O–H groups in total. The Labute approximate surface area is 122 Å². The van der Waals surface area contributed by atoms with E-state index in [-0.39, 0.29) is 0 Å². The summed E-state index contributed by atoms with van der Waals surface area (Å²) in [5.74, 6) is 0. The summed E-state index contributed by atoms with van der Waals surface area (Å²) in [5.41, 5.74) is 2.22. The molecule has 2 aromatic rings. The topological polar surface area (TPSA) is 41.1 Å². The van der Waals surface area contributed by atoms with Crippen LogP contribution in [0, 0.1) is 0 Å². The van der Waals surface area contributed by atoms with Gasteiger partial charge >= 0.3 is 0 Å². The number of anilines is 2. The maximum absolute atomic E-state index is 4.72. The van der Waals surface area contributed by atoms with Crippen molar-refractivity contribution in [1.29, 1.82) is 0 Å². The summed E-state index contributed by atoms with van der Waals surface area (Å²) >= 11 is 3.38. The molecule has 19 heavy (non-hydrogen) atoms. The highest BCUT2D eigenvalue weighted by atomic mass is 32.1. The monoisotopic (exact) mass is 296 g/mol. The van der Waals surface area contributed by atoms with Gasteiger partial charge < -0.3 is 10.2 Å². The number of aryl methyl sites for hydroxylation is 1. The molecule has 0 bridgehead atoms. The summed E-state index contributed by atoms with van der Waals surface area (Å²) < 4.78 is 0. The molecule has 0 radical (unpaired) electrons. The lowest BCUT2D eigenvalue weighted by Gasteiger charge is -2.05. The number of rotatable bonds is 6. The van der Waals surface area contributed by atoms with Gasteiger partial charge in [0, 0.05) is 26.0 Å². The second-order valence-electron chi connectivity index (χ2n) is 4.48. The van der Waals surface area contributed by atoms with Crippen LogP contribution in [0.25, 0.3) is 10.6 Å². The van der Waals surface area contributed by atoms with Crippen molar-refractivity contribution >= 4 is 32.9 Å². The molecule has 0 unspecified atom stereocenters. The fraction of sp³-hybridized carbons (Fsp3) is 0.538. The van der Waals surface area contributed by atoms with Crippen LogP contribution in [0.3, 0.4) is 0 Å². The predicted octanol–water partition coefficient (Wildman–Crippen LogP) is 3.72. The van der Waals surface area contributed by atoms with Gasteiger partial charge in [-0.15, -0.1) is 11.3 Å². The molecule has 0 aliphatic rings. The second-order valence-corrected chi connectivity index (χ2v) is 6.32. The lowest BCUT2D eigenvalue weighted by atomic mass is 10.2. The molecular formula is C13H20N4S2. The predicted molar refractivity (Wildman–Crippen MR) is 85.7 cm³/mol. The van der Waals surface area contributed by atoms with Gasteiger partial charge in [0.05, 0.1) is 16.3 Å². The molecule has 0 aromatic carbocycles. The lowest BCUT2D eigenvalue weighted by Crippen LogP contribution is -2.07. The van der Waals surface area contributed by atoms with E-state index < -0.39 is 0 Å². The fourth-order valence-electron chi connectivity index (χ4n) is 1.75. The van der Waals surface area contributed by atoms with Gasteiger partial charge in [0.15, 0.2) is 10.3 Å². The van der Waals surface area contributed by atoms with Gasteiger partial charge in [0.2, 0.25) is 0 Å². The molecule has 0 amide bonds. The van der Waals surface area contributed by atoms with Crippen molar-refractivity contribution in [2.75, 3.05) is 30.9 Å². The highest BCUT2D eigenvalue weighted by Gasteiger charge is 2.16. The number of nitrogens with one attached hydrogen (secondary N) is 1. The first-order valence-corrected chi connectivity index (χ1v) is 8.22. The summed E-state index contributed by atoms with van der Waals surface area (Å²) in [6.07, 6.45) is 2.11. The normalized spacial score (nSPS) is 10.7. The maximum Gasteiger partial charge on any atom is 0.185 e. The maximum atomic E-state index is 4.72. The third-order valence-corrected chi connectivity index (χ3v) is 4.71. The van der Waals surface area contributed by atoms with Crippen LogP contribution in [0.15, 0.2) is 5.38 Å². The van der Waals surface area contributed by atoms with Crippen LogP contribution in [-0.4, -0.2) is 30.6 Å². The summed E-state index contributed by atoms with van der Waals surface area (Å²) in [4.78, 5) is 12.6. The minimum Gasteiger partial charge on any atom is -0.362 e. The fourth-order valence-corrected chi connectivity index (χ4v) is 3.59. The highest BCUT2D eigenvalue weighted by Crippen LogP contribution is 2.36. The number of hydrogen-bond acceptors (Lipinski definition) is 6. The Balaban J connectivity index is 2.35. The van der Waals surface area contributed by atoms with Gasteiger partial charge in [0.25, 0.3) is 0 Å². The van der Waals surface area contributed by atoms with Crippen LogP contribution < -0.4 is 10.2 Å².